The van der Waals surface area contributed by atoms with E-state index in [9.17, 15) is 33.6 Å². The lowest BCUT2D eigenvalue weighted by molar-refractivity contribution is -0.144. The van der Waals surface area contributed by atoms with Crippen LogP contribution in [0.5, 0.6) is 0 Å². The number of carbonyl (C=O) groups is 7. The van der Waals surface area contributed by atoms with Crippen molar-refractivity contribution in [2.75, 3.05) is 33.8 Å². The van der Waals surface area contributed by atoms with Crippen molar-refractivity contribution in [3.05, 3.63) is 48.0 Å². The molecule has 49 heavy (non-hydrogen) atoms. The lowest BCUT2D eigenvalue weighted by Gasteiger charge is -2.35. The third-order valence-corrected chi connectivity index (χ3v) is 7.73. The van der Waals surface area contributed by atoms with Crippen molar-refractivity contribution in [3.63, 3.8) is 0 Å². The zero-order valence-electron chi connectivity index (χ0n) is 29.9. The Kier molecular flexibility index (Phi) is 15.0. The summed E-state index contributed by atoms with van der Waals surface area (Å²) < 4.78 is 5.22. The van der Waals surface area contributed by atoms with Crippen LogP contribution >= 0.6 is 0 Å². The molecule has 0 radical (unpaired) electrons. The molecule has 1 aromatic rings. The van der Waals surface area contributed by atoms with Gasteiger partial charge in [0.15, 0.2) is 0 Å². The number of ether oxygens (including phenoxy) is 1. The number of carbonyl (C=O) groups excluding carboxylic acids is 7. The van der Waals surface area contributed by atoms with Gasteiger partial charge in [0.2, 0.25) is 29.4 Å². The second-order valence-electron chi connectivity index (χ2n) is 13.9. The second-order valence-corrected chi connectivity index (χ2v) is 13.9. The van der Waals surface area contributed by atoms with Crippen LogP contribution < -0.4 is 21.3 Å². The maximum absolute atomic E-state index is 13.8. The van der Waals surface area contributed by atoms with Gasteiger partial charge in [0.25, 0.3) is 5.91 Å². The van der Waals surface area contributed by atoms with Gasteiger partial charge >= 0.3 is 6.09 Å². The van der Waals surface area contributed by atoms with Crippen LogP contribution in [-0.2, 0) is 33.5 Å². The van der Waals surface area contributed by atoms with Crippen LogP contribution in [0.1, 0.15) is 72.4 Å². The normalized spacial score (nSPS) is 16.2. The molecule has 4 N–H and O–H groups in total. The zero-order valence-corrected chi connectivity index (χ0v) is 29.9. The largest absolute Gasteiger partial charge is 0.449 e. The number of likely N-dealkylation sites (tertiary alicyclic amines) is 1. The van der Waals surface area contributed by atoms with Crippen LogP contribution in [0.15, 0.2) is 42.5 Å². The maximum Gasteiger partial charge on any atom is 0.407 e. The van der Waals surface area contributed by atoms with Gasteiger partial charge in [-0.25, -0.2) is 4.79 Å². The summed E-state index contributed by atoms with van der Waals surface area (Å²) in [5.41, 5.74) is 0.401. The molecule has 1 aliphatic rings. The Balaban J connectivity index is 2.12. The molecule has 0 saturated carbocycles. The maximum atomic E-state index is 13.8. The lowest BCUT2D eigenvalue weighted by atomic mass is 9.85. The highest BCUT2D eigenvalue weighted by molar-refractivity contribution is 6.38. The summed E-state index contributed by atoms with van der Waals surface area (Å²) in [5, 5.41) is 10.1. The fourth-order valence-electron chi connectivity index (χ4n) is 5.12. The van der Waals surface area contributed by atoms with Gasteiger partial charge < -0.3 is 35.8 Å². The molecule has 0 aliphatic carbocycles. The number of nitrogens with one attached hydrogen (secondary N) is 4. The number of benzene rings is 1. The van der Waals surface area contributed by atoms with Gasteiger partial charge in [-0.05, 0) is 29.7 Å². The lowest BCUT2D eigenvalue weighted by Crippen LogP contribution is -2.59. The summed E-state index contributed by atoms with van der Waals surface area (Å²) >= 11 is 0. The number of nitrogens with zero attached hydrogens (tertiary/aromatic N) is 2. The van der Waals surface area contributed by atoms with Crippen molar-refractivity contribution in [3.8, 4) is 0 Å². The minimum Gasteiger partial charge on any atom is -0.449 e. The van der Waals surface area contributed by atoms with Gasteiger partial charge in [-0.1, -0.05) is 90.4 Å². The number of amides is 6. The minimum absolute atomic E-state index is 0.0640. The molecule has 6 amide bonds. The number of hydrogen-bond acceptors (Lipinski definition) is 8. The number of rotatable bonds is 15. The van der Waals surface area contributed by atoms with Crippen LogP contribution in [-0.4, -0.2) is 103 Å². The molecular formula is C35H52N6O8. The number of Topliss-reactive ketones (excluding diaryl/α,β-unsaturated/α-hetero) is 1. The molecule has 14 heteroatoms. The molecule has 0 bridgehead atoms. The van der Waals surface area contributed by atoms with Crippen molar-refractivity contribution in [2.24, 2.45) is 11.3 Å². The van der Waals surface area contributed by atoms with Crippen LogP contribution in [0.3, 0.4) is 0 Å². The highest BCUT2D eigenvalue weighted by Gasteiger charge is 2.44. The van der Waals surface area contributed by atoms with E-state index in [1.54, 1.807) is 72.1 Å². The van der Waals surface area contributed by atoms with E-state index in [2.05, 4.69) is 27.8 Å². The molecule has 1 aliphatic heterocycles. The van der Waals surface area contributed by atoms with E-state index in [0.29, 0.717) is 17.6 Å². The van der Waals surface area contributed by atoms with E-state index in [1.807, 2.05) is 13.8 Å². The predicted octanol–water partition coefficient (Wildman–Crippen LogP) is 1.86. The second kappa shape index (κ2) is 18.1. The van der Waals surface area contributed by atoms with Gasteiger partial charge in [0, 0.05) is 20.6 Å². The molecule has 2 rings (SSSR count). The molecule has 14 nitrogen and oxygen atoms in total. The molecular weight excluding hydrogens is 632 g/mol. The first-order chi connectivity index (χ1) is 22.9. The molecule has 1 heterocycles. The first-order valence-electron chi connectivity index (χ1n) is 16.5. The molecule has 1 unspecified atom stereocenters. The van der Waals surface area contributed by atoms with E-state index in [-0.39, 0.29) is 37.8 Å². The Labute approximate surface area is 288 Å². The van der Waals surface area contributed by atoms with E-state index in [0.717, 1.165) is 0 Å². The van der Waals surface area contributed by atoms with Crippen LogP contribution in [0.25, 0.3) is 0 Å². The molecule has 4 atom stereocenters. The Hall–Kier alpha value is -4.75. The molecule has 1 saturated heterocycles. The average molecular weight is 685 g/mol. The highest BCUT2D eigenvalue weighted by Crippen LogP contribution is 2.28. The highest BCUT2D eigenvalue weighted by atomic mass is 16.5. The fraction of sp³-hybridized carbons (Fsp3) is 0.571. The summed E-state index contributed by atoms with van der Waals surface area (Å²) in [4.78, 5) is 94.2. The van der Waals surface area contributed by atoms with Gasteiger partial charge in [-0.3, -0.25) is 28.8 Å². The monoisotopic (exact) mass is 684 g/mol. The Morgan fingerprint density at radius 3 is 2.18 bits per heavy atom. The minimum atomic E-state index is -1.23. The van der Waals surface area contributed by atoms with E-state index < -0.39 is 71.6 Å². The number of likely N-dealkylation sites (N-methyl/N-ethyl adjacent to an activating group) is 1. The molecule has 0 aromatic heterocycles. The van der Waals surface area contributed by atoms with Crippen molar-refractivity contribution in [2.45, 2.75) is 85.0 Å². The van der Waals surface area contributed by atoms with Crippen LogP contribution in [0, 0.1) is 11.3 Å². The zero-order chi connectivity index (χ0) is 37.1. The quantitative estimate of drug-likeness (QED) is 0.159. The third-order valence-electron chi connectivity index (χ3n) is 7.73. The standard InChI is InChI=1S/C35H52N6O8/c1-10-14-24(28(43)31(45)36-18-26(42)38-27(32(46)40(8)9)23-15-12-11-13-16-23)37-30(44)25-17-22(4)19-41(25)33(47)29(35(5,6)7)39-34(48)49-20-21(2)3/h11-13,15-16,21,24-25,27,29H,4,10,14,17-20H2,1-3,5-9H3,(H,36,45)(H,37,44)(H,38,42)(H,39,48)/t24?,25-,27-,29+/m0/s1. The average Bonchev–Trinajstić information content (AvgIpc) is 3.44. The SMILES string of the molecule is C=C1C[C@@H](C(=O)NC(CCC)C(=O)C(=O)NCC(=O)N[C@H](C(=O)N(C)C)c2ccccc2)N(C(=O)[C@@H](NC(=O)OCC(C)C)C(C)(C)C)C1. The molecule has 1 aromatic carbocycles. The van der Waals surface area contributed by atoms with Gasteiger partial charge in [-0.15, -0.1) is 0 Å². The Morgan fingerprint density at radius 2 is 1.63 bits per heavy atom. The molecule has 1 fully saturated rings. The van der Waals surface area contributed by atoms with Crippen LogP contribution in [0.2, 0.25) is 0 Å². The van der Waals surface area contributed by atoms with Crippen molar-refractivity contribution < 1.29 is 38.3 Å². The summed E-state index contributed by atoms with van der Waals surface area (Å²) in [6, 6.07) is 4.27. The predicted molar refractivity (Wildman–Crippen MR) is 183 cm³/mol. The summed E-state index contributed by atoms with van der Waals surface area (Å²) in [7, 11) is 3.10. The Bertz CT molecular complexity index is 1390. The molecule has 270 valence electrons. The number of alkyl carbamates (subject to hydrolysis) is 1. The van der Waals surface area contributed by atoms with Crippen molar-refractivity contribution in [1.82, 2.24) is 31.1 Å². The van der Waals surface area contributed by atoms with Crippen molar-refractivity contribution in [1.29, 1.82) is 0 Å². The third kappa shape index (κ3) is 12.0. The summed E-state index contributed by atoms with van der Waals surface area (Å²) in [6.45, 7) is 14.4. The smallest absolute Gasteiger partial charge is 0.407 e. The van der Waals surface area contributed by atoms with Gasteiger partial charge in [-0.2, -0.15) is 0 Å². The first kappa shape index (κ1) is 40.4. The van der Waals surface area contributed by atoms with E-state index in [1.165, 1.54) is 9.80 Å². The number of ketones is 1. The van der Waals surface area contributed by atoms with E-state index >= 15 is 0 Å². The first-order valence-corrected chi connectivity index (χ1v) is 16.5. The van der Waals surface area contributed by atoms with Gasteiger partial charge in [0.1, 0.15) is 18.1 Å². The van der Waals surface area contributed by atoms with Crippen molar-refractivity contribution >= 4 is 41.4 Å². The topological polar surface area (TPSA) is 183 Å². The Morgan fingerprint density at radius 1 is 1.00 bits per heavy atom. The van der Waals surface area contributed by atoms with Gasteiger partial charge in [0.05, 0.1) is 19.2 Å². The van der Waals surface area contributed by atoms with Crippen LogP contribution in [0.4, 0.5) is 4.79 Å². The van der Waals surface area contributed by atoms with E-state index in [4.69, 9.17) is 4.74 Å². The number of hydrogen-bond donors (Lipinski definition) is 4. The summed E-state index contributed by atoms with van der Waals surface area (Å²) in [5.74, 6) is -4.23. The molecule has 0 spiro atoms. The fourth-order valence-corrected chi connectivity index (χ4v) is 5.12. The summed E-state index contributed by atoms with van der Waals surface area (Å²) in [6.07, 6.45) is -0.0775.